The molecule has 0 aromatic carbocycles. The lowest BCUT2D eigenvalue weighted by molar-refractivity contribution is -0.136. The molecule has 2 atom stereocenters. The van der Waals surface area contributed by atoms with Crippen molar-refractivity contribution in [3.8, 4) is 12.3 Å². The number of amides is 2. The van der Waals surface area contributed by atoms with Crippen molar-refractivity contribution >= 4 is 23.3 Å². The molecule has 1 aromatic heterocycles. The molecule has 0 unspecified atom stereocenters. The van der Waals surface area contributed by atoms with Crippen LogP contribution in [0, 0.1) is 29.1 Å². The van der Waals surface area contributed by atoms with Crippen molar-refractivity contribution in [2.75, 3.05) is 6.54 Å². The van der Waals surface area contributed by atoms with Gasteiger partial charge in [-0.05, 0) is 63.4 Å². The average molecular weight is 432 g/mol. The highest BCUT2D eigenvalue weighted by molar-refractivity contribution is 7.04. The van der Waals surface area contributed by atoms with Crippen molar-refractivity contribution in [3.63, 3.8) is 0 Å². The molecule has 0 radical (unpaired) electrons. The highest BCUT2D eigenvalue weighted by Crippen LogP contribution is 2.56. The molecule has 1 saturated carbocycles. The van der Waals surface area contributed by atoms with Crippen LogP contribution in [0.25, 0.3) is 0 Å². The van der Waals surface area contributed by atoms with Crippen LogP contribution in [-0.4, -0.2) is 22.3 Å². The van der Waals surface area contributed by atoms with E-state index in [1.807, 2.05) is 20.8 Å². The third-order valence-corrected chi connectivity index (χ3v) is 8.15. The third-order valence-electron chi connectivity index (χ3n) is 6.78. The Kier molecular flexibility index (Phi) is 7.40. The molecule has 30 heavy (non-hydrogen) atoms. The van der Waals surface area contributed by atoms with Crippen molar-refractivity contribution in [1.29, 1.82) is 0 Å². The highest BCUT2D eigenvalue weighted by Gasteiger charge is 2.58. The fourth-order valence-electron chi connectivity index (χ4n) is 4.16. The minimum atomic E-state index is -0.691. The normalized spacial score (nSPS) is 23.9. The summed E-state index contributed by atoms with van der Waals surface area (Å²) in [6, 6.07) is 0. The topological polar surface area (TPSA) is 63.5 Å². The Balaban J connectivity index is 2.40. The fraction of sp³-hybridized carbons (Fsp3) is 0.708. The highest BCUT2D eigenvalue weighted by atomic mass is 32.1. The third kappa shape index (κ3) is 4.72. The second-order valence-electron chi connectivity index (χ2n) is 10.1. The molecule has 6 heteroatoms. The molecule has 1 fully saturated rings. The van der Waals surface area contributed by atoms with E-state index >= 15 is 0 Å². The lowest BCUT2D eigenvalue weighted by Crippen LogP contribution is -2.45. The zero-order chi connectivity index (χ0) is 22.7. The molecule has 5 nitrogen and oxygen atoms in total. The quantitative estimate of drug-likeness (QED) is 0.684. The number of hydrogen-bond donors (Lipinski definition) is 1. The van der Waals surface area contributed by atoms with E-state index in [4.69, 9.17) is 6.42 Å². The molecule has 1 aliphatic carbocycles. The Morgan fingerprint density at radius 1 is 1.37 bits per heavy atom. The molecule has 1 aliphatic rings. The van der Waals surface area contributed by atoms with Crippen LogP contribution in [0.5, 0.6) is 0 Å². The molecule has 2 rings (SSSR count). The summed E-state index contributed by atoms with van der Waals surface area (Å²) in [5.41, 5.74) is -0.122. The van der Waals surface area contributed by atoms with Crippen molar-refractivity contribution < 1.29 is 9.59 Å². The van der Waals surface area contributed by atoms with Gasteiger partial charge in [0, 0.05) is 23.2 Å². The number of terminal acetylenes is 1. The number of nitrogens with zero attached hydrogens (tertiary/aromatic N) is 2. The maximum absolute atomic E-state index is 13.5. The van der Waals surface area contributed by atoms with Crippen molar-refractivity contribution in [1.82, 2.24) is 9.27 Å². The van der Waals surface area contributed by atoms with Crippen LogP contribution >= 0.6 is 11.5 Å². The van der Waals surface area contributed by atoms with Crippen LogP contribution in [0.1, 0.15) is 79.7 Å². The molecule has 2 amide bonds. The monoisotopic (exact) mass is 431 g/mol. The van der Waals surface area contributed by atoms with Crippen LogP contribution in [0.3, 0.4) is 0 Å². The summed E-state index contributed by atoms with van der Waals surface area (Å²) < 4.78 is 2.99. The van der Waals surface area contributed by atoms with E-state index in [1.54, 1.807) is 11.5 Å². The van der Waals surface area contributed by atoms with Gasteiger partial charge in [-0.15, -0.1) is 6.42 Å². The molecular formula is C24H37N3O2S. The lowest BCUT2D eigenvalue weighted by Gasteiger charge is -2.38. The Morgan fingerprint density at radius 3 is 2.60 bits per heavy atom. The van der Waals surface area contributed by atoms with E-state index in [2.05, 4.69) is 54.1 Å². The van der Waals surface area contributed by atoms with Crippen molar-refractivity contribution in [2.24, 2.45) is 21.7 Å². The van der Waals surface area contributed by atoms with Crippen LogP contribution in [-0.2, 0) is 21.5 Å². The molecule has 1 heterocycles. The number of carbonyl (C=O) groups excluding carboxylic acids is 2. The summed E-state index contributed by atoms with van der Waals surface area (Å²) in [4.78, 5) is 30.8. The van der Waals surface area contributed by atoms with E-state index in [1.165, 1.54) is 0 Å². The minimum absolute atomic E-state index is 0.0564. The largest absolute Gasteiger partial charge is 0.345 e. The number of aromatic nitrogens is 1. The van der Waals surface area contributed by atoms with Crippen LogP contribution in [0.4, 0.5) is 0 Å². The van der Waals surface area contributed by atoms with Gasteiger partial charge in [-0.1, -0.05) is 40.0 Å². The number of hydrogen-bond acceptors (Lipinski definition) is 3. The number of carbonyl (C=O) groups is 2. The summed E-state index contributed by atoms with van der Waals surface area (Å²) in [6.45, 7) is 14.8. The Hall–Kier alpha value is -1.87. The predicted octanol–water partition coefficient (Wildman–Crippen LogP) is 4.27. The maximum Gasteiger partial charge on any atom is 0.253 e. The van der Waals surface area contributed by atoms with Crippen LogP contribution < -0.4 is 9.99 Å². The summed E-state index contributed by atoms with van der Waals surface area (Å²) in [6.07, 6.45) is 11.8. The standard InChI is InChI=1S/C24H37N3O2S/c1-9-11-12-17-16-27(22(3,4)5)30-20(17)26-21(29)24(8)14-13-18(23(24,6)7)19(28)25-15-10-2/h2,16,18H,9,11-15H2,1,3-8H3,(H,25,28)/t18-,24+/m1/s1. The van der Waals surface area contributed by atoms with E-state index in [0.717, 1.165) is 29.5 Å². The van der Waals surface area contributed by atoms with Crippen molar-refractivity contribution in [2.45, 2.75) is 86.1 Å². The second-order valence-corrected chi connectivity index (χ2v) is 11.1. The fourth-order valence-corrected chi connectivity index (χ4v) is 5.19. The van der Waals surface area contributed by atoms with E-state index in [9.17, 15) is 9.59 Å². The summed E-state index contributed by atoms with van der Waals surface area (Å²) in [5, 5.41) is 2.79. The SMILES string of the molecule is C#CCNC(=O)[C@H]1CC[C@@](C)(C(=O)N=c2sn(C(C)(C)C)cc2CCCC)C1(C)C. The van der Waals surface area contributed by atoms with Gasteiger partial charge in [0.1, 0.15) is 4.67 Å². The first-order chi connectivity index (χ1) is 13.9. The first-order valence-corrected chi connectivity index (χ1v) is 11.7. The van der Waals surface area contributed by atoms with Gasteiger partial charge in [-0.2, -0.15) is 0 Å². The molecule has 1 aromatic rings. The van der Waals surface area contributed by atoms with Gasteiger partial charge < -0.3 is 5.32 Å². The first-order valence-electron chi connectivity index (χ1n) is 10.9. The van der Waals surface area contributed by atoms with Gasteiger partial charge in [0.2, 0.25) is 5.91 Å². The van der Waals surface area contributed by atoms with Gasteiger partial charge >= 0.3 is 0 Å². The zero-order valence-electron chi connectivity index (χ0n) is 19.6. The van der Waals surface area contributed by atoms with E-state index in [-0.39, 0.29) is 29.8 Å². The number of aryl methyl sites for hydroxylation is 1. The molecule has 0 saturated heterocycles. The van der Waals surface area contributed by atoms with E-state index in [0.29, 0.717) is 12.8 Å². The zero-order valence-corrected chi connectivity index (χ0v) is 20.4. The summed E-state index contributed by atoms with van der Waals surface area (Å²) in [7, 11) is 0. The average Bonchev–Trinajstić information content (AvgIpc) is 3.17. The molecular weight excluding hydrogens is 394 g/mol. The predicted molar refractivity (Wildman–Crippen MR) is 123 cm³/mol. The van der Waals surface area contributed by atoms with Crippen LogP contribution in [0.15, 0.2) is 11.2 Å². The number of unbranched alkanes of at least 4 members (excludes halogenated alkanes) is 1. The first kappa shape index (κ1) is 24.4. The van der Waals surface area contributed by atoms with Gasteiger partial charge in [-0.25, -0.2) is 4.99 Å². The number of rotatable bonds is 6. The lowest BCUT2D eigenvalue weighted by atomic mass is 9.65. The molecule has 0 bridgehead atoms. The Morgan fingerprint density at radius 2 is 2.03 bits per heavy atom. The Labute approximate surface area is 185 Å². The molecule has 1 N–H and O–H groups in total. The maximum atomic E-state index is 13.5. The second kappa shape index (κ2) is 9.09. The van der Waals surface area contributed by atoms with Crippen LogP contribution in [0.2, 0.25) is 0 Å². The minimum Gasteiger partial charge on any atom is -0.345 e. The van der Waals surface area contributed by atoms with Gasteiger partial charge in [-0.3, -0.25) is 13.5 Å². The molecule has 0 spiro atoms. The summed E-state index contributed by atoms with van der Waals surface area (Å²) >= 11 is 1.55. The van der Waals surface area contributed by atoms with Gasteiger partial charge in [0.15, 0.2) is 0 Å². The molecule has 0 aliphatic heterocycles. The van der Waals surface area contributed by atoms with Gasteiger partial charge in [0.25, 0.3) is 5.91 Å². The number of nitrogens with one attached hydrogen (secondary N) is 1. The van der Waals surface area contributed by atoms with E-state index < -0.39 is 10.8 Å². The molecule has 166 valence electrons. The Bertz CT molecular complexity index is 895. The van der Waals surface area contributed by atoms with Gasteiger partial charge in [0.05, 0.1) is 12.0 Å². The van der Waals surface area contributed by atoms with Crippen molar-refractivity contribution in [3.05, 3.63) is 16.4 Å². The smallest absolute Gasteiger partial charge is 0.253 e. The summed E-state index contributed by atoms with van der Waals surface area (Å²) in [5.74, 6) is 2.00.